The van der Waals surface area contributed by atoms with Crippen LogP contribution in [0.2, 0.25) is 0 Å². The van der Waals surface area contributed by atoms with E-state index in [0.717, 1.165) is 10.6 Å². The topological polar surface area (TPSA) is 173 Å². The van der Waals surface area contributed by atoms with E-state index in [2.05, 4.69) is 27.2 Å². The van der Waals surface area contributed by atoms with Crippen LogP contribution in [-0.2, 0) is 25.5 Å². The minimum Gasteiger partial charge on any atom is -0.460 e. The molecule has 1 fully saturated rings. The van der Waals surface area contributed by atoms with Crippen molar-refractivity contribution >= 4 is 41.0 Å². The minimum absolute atomic E-state index is 0.0549. The van der Waals surface area contributed by atoms with E-state index in [1.165, 1.54) is 28.6 Å². The molecule has 2 aromatic rings. The van der Waals surface area contributed by atoms with Gasteiger partial charge in [-0.3, -0.25) is 14.9 Å². The number of ether oxygens (including phenoxy) is 2. The number of aromatic nitrogens is 2. The maximum atomic E-state index is 13.7. The molecule has 5 atom stereocenters. The van der Waals surface area contributed by atoms with Gasteiger partial charge in [-0.2, -0.15) is 0 Å². The lowest BCUT2D eigenvalue weighted by Gasteiger charge is -2.30. The van der Waals surface area contributed by atoms with E-state index in [-0.39, 0.29) is 43.5 Å². The molecule has 258 valence electrons. The monoisotopic (exact) mass is 681 g/mol. The van der Waals surface area contributed by atoms with Gasteiger partial charge >= 0.3 is 12.1 Å². The summed E-state index contributed by atoms with van der Waals surface area (Å²) >= 11 is 1.39. The summed E-state index contributed by atoms with van der Waals surface area (Å²) < 4.78 is 17.0. The Bertz CT molecular complexity index is 1580. The lowest BCUT2D eigenvalue weighted by atomic mass is 9.93. The Kier molecular flexibility index (Phi) is 12.9. The first-order valence-electron chi connectivity index (χ1n) is 15.9. The third-order valence-electron chi connectivity index (χ3n) is 7.89. The van der Waals surface area contributed by atoms with Crippen LogP contribution in [0.5, 0.6) is 0 Å². The summed E-state index contributed by atoms with van der Waals surface area (Å²) in [7, 11) is 0. The van der Waals surface area contributed by atoms with Crippen LogP contribution in [0.1, 0.15) is 61.4 Å². The van der Waals surface area contributed by atoms with E-state index in [1.807, 2.05) is 13.8 Å². The van der Waals surface area contributed by atoms with Crippen LogP contribution >= 0.6 is 11.3 Å². The van der Waals surface area contributed by atoms with Crippen molar-refractivity contribution in [1.29, 1.82) is 0 Å². The largest absolute Gasteiger partial charge is 0.460 e. The number of carbonyl (C=O) groups is 4. The summed E-state index contributed by atoms with van der Waals surface area (Å²) in [5, 5.41) is 18.3. The number of nitrogens with one attached hydrogen (secondary N) is 2. The average molecular weight is 682 g/mol. The predicted molar refractivity (Wildman–Crippen MR) is 179 cm³/mol. The summed E-state index contributed by atoms with van der Waals surface area (Å²) in [5.74, 6) is -1.74. The first kappa shape index (κ1) is 36.3. The number of nitrogens with zero attached hydrogens (tertiary/aromatic N) is 3. The van der Waals surface area contributed by atoms with Crippen molar-refractivity contribution in [2.75, 3.05) is 25.0 Å². The average Bonchev–Trinajstić information content (AvgIpc) is 3.80. The minimum atomic E-state index is -0.863. The van der Waals surface area contributed by atoms with Crippen molar-refractivity contribution in [3.63, 3.8) is 0 Å². The van der Waals surface area contributed by atoms with Crippen LogP contribution in [0.15, 0.2) is 64.2 Å². The van der Waals surface area contributed by atoms with Crippen molar-refractivity contribution in [3.05, 3.63) is 76.3 Å². The molecule has 0 aliphatic carbocycles. The second-order valence-electron chi connectivity index (χ2n) is 12.1. The molecule has 1 saturated heterocycles. The molecular formula is C34H43N5O8S. The maximum Gasteiger partial charge on any atom is 0.412 e. The van der Waals surface area contributed by atoms with E-state index in [1.54, 1.807) is 43.5 Å². The number of cyclic esters (lactones) is 1. The van der Waals surface area contributed by atoms with Crippen LogP contribution in [-0.4, -0.2) is 81.8 Å². The van der Waals surface area contributed by atoms with E-state index in [4.69, 9.17) is 13.9 Å². The Morgan fingerprint density at radius 3 is 2.81 bits per heavy atom. The molecule has 14 heteroatoms. The van der Waals surface area contributed by atoms with Crippen molar-refractivity contribution < 1.29 is 38.2 Å². The van der Waals surface area contributed by atoms with Crippen LogP contribution in [0.3, 0.4) is 0 Å². The number of amides is 3. The highest BCUT2D eigenvalue weighted by atomic mass is 32.1. The van der Waals surface area contributed by atoms with Crippen molar-refractivity contribution in [2.24, 2.45) is 11.8 Å². The molecule has 13 nitrogen and oxygen atoms in total. The highest BCUT2D eigenvalue weighted by molar-refractivity contribution is 7.09. The van der Waals surface area contributed by atoms with E-state index in [9.17, 15) is 24.3 Å². The fourth-order valence-electron chi connectivity index (χ4n) is 5.52. The number of oxazole rings is 1. The van der Waals surface area contributed by atoms with Crippen LogP contribution in [0, 0.1) is 18.8 Å². The number of hydrogen-bond acceptors (Lipinski definition) is 11. The van der Waals surface area contributed by atoms with Gasteiger partial charge in [0.15, 0.2) is 11.6 Å². The standard InChI is InChI=1S/C34H43N5O8S/c1-20-8-6-12-35-29(41)11-10-22(3)31(23(4)17-46-34(44)38-28-19-48-24(5)36-28)47-33(43)27-9-7-13-39(27)32(42)26-18-45-30(37-26)16-21(2)15-25(40)14-20/h6,8,10-11,14,18-19,22-23,25,27,31,40H,2,7,9,12-13,15-17H2,1,3-5H3,(H,35,41)(H,38,44)/b8-6+,11-10+,20-14+/t22-,23-,25-,27-,31+/m1/s1. The van der Waals surface area contributed by atoms with E-state index < -0.39 is 48.1 Å². The Labute approximate surface area is 283 Å². The number of carbonyl (C=O) groups excluding carboxylic acids is 4. The number of aliphatic hydroxyl groups excluding tert-OH is 1. The van der Waals surface area contributed by atoms with Gasteiger partial charge in [0.25, 0.3) is 5.91 Å². The van der Waals surface area contributed by atoms with Gasteiger partial charge in [-0.25, -0.2) is 19.6 Å². The number of hydrogen-bond donors (Lipinski definition) is 3. The number of rotatable bonds is 4. The molecule has 2 aliphatic rings. The third-order valence-corrected chi connectivity index (χ3v) is 8.67. The van der Waals surface area contributed by atoms with E-state index in [0.29, 0.717) is 30.8 Å². The smallest absolute Gasteiger partial charge is 0.412 e. The number of anilines is 1. The number of fused-ring (bicyclic) bond motifs is 3. The highest BCUT2D eigenvalue weighted by Gasteiger charge is 2.39. The SMILES string of the molecule is C=C1Cc2nc(co2)C(=O)N2CCC[C@@H]2C(=O)O[C@H]([C@H](C)COC(=O)Nc2csc(C)n2)[C@H](C)/C=C/C(=O)NC/C=C/C(C)=C/[C@@H](O)C1. The van der Waals surface area contributed by atoms with Crippen LogP contribution in [0.4, 0.5) is 10.6 Å². The Morgan fingerprint density at radius 1 is 1.27 bits per heavy atom. The molecule has 3 amide bonds. The molecule has 2 bridgehead atoms. The molecule has 4 rings (SSSR count). The third kappa shape index (κ3) is 10.5. The molecule has 48 heavy (non-hydrogen) atoms. The normalized spacial score (nSPS) is 26.4. The zero-order chi connectivity index (χ0) is 34.8. The highest BCUT2D eigenvalue weighted by Crippen LogP contribution is 2.26. The Hall–Kier alpha value is -4.56. The van der Waals surface area contributed by atoms with Crippen molar-refractivity contribution in [1.82, 2.24) is 20.2 Å². The van der Waals surface area contributed by atoms with Gasteiger partial charge in [0.2, 0.25) is 5.91 Å². The number of thiazole rings is 1. The summed E-state index contributed by atoms with van der Waals surface area (Å²) in [6.45, 7) is 11.7. The van der Waals surface area contributed by atoms with Gasteiger partial charge in [-0.05, 0) is 39.2 Å². The first-order valence-corrected chi connectivity index (χ1v) is 16.7. The first-order chi connectivity index (χ1) is 22.9. The molecule has 3 N–H and O–H groups in total. The zero-order valence-corrected chi connectivity index (χ0v) is 28.5. The molecule has 0 spiro atoms. The molecule has 0 aromatic carbocycles. The molecule has 4 heterocycles. The van der Waals surface area contributed by atoms with Crippen molar-refractivity contribution in [2.45, 2.75) is 71.6 Å². The fourth-order valence-corrected chi connectivity index (χ4v) is 6.07. The lowest BCUT2D eigenvalue weighted by Crippen LogP contribution is -2.44. The second kappa shape index (κ2) is 17.0. The fraction of sp³-hybridized carbons (Fsp3) is 0.471. The molecule has 0 saturated carbocycles. The van der Waals surface area contributed by atoms with Gasteiger partial charge in [0.1, 0.15) is 24.2 Å². The van der Waals surface area contributed by atoms with E-state index >= 15 is 0 Å². The summed E-state index contributed by atoms with van der Waals surface area (Å²) in [4.78, 5) is 62.2. The summed E-state index contributed by atoms with van der Waals surface area (Å²) in [6.07, 6.45) is 8.64. The number of aliphatic hydroxyl groups is 1. The van der Waals surface area contributed by atoms with Gasteiger partial charge in [-0.15, -0.1) is 11.3 Å². The number of aryl methyl sites for hydroxylation is 1. The van der Waals surface area contributed by atoms with Crippen LogP contribution < -0.4 is 10.6 Å². The van der Waals surface area contributed by atoms with Crippen LogP contribution in [0.25, 0.3) is 0 Å². The summed E-state index contributed by atoms with van der Waals surface area (Å²) in [6, 6.07) is -0.863. The molecular weight excluding hydrogens is 638 g/mol. The Morgan fingerprint density at radius 2 is 2.06 bits per heavy atom. The predicted octanol–water partition coefficient (Wildman–Crippen LogP) is 4.52. The maximum absolute atomic E-state index is 13.7. The van der Waals surface area contributed by atoms with Gasteiger partial charge in [0.05, 0.1) is 17.7 Å². The number of allylic oxidation sites excluding steroid dienone is 2. The molecule has 2 aliphatic heterocycles. The molecule has 2 aromatic heterocycles. The molecule has 0 radical (unpaired) electrons. The van der Waals surface area contributed by atoms with Gasteiger partial charge in [-0.1, -0.05) is 55.9 Å². The zero-order valence-electron chi connectivity index (χ0n) is 27.6. The second-order valence-corrected chi connectivity index (χ2v) is 13.2. The summed E-state index contributed by atoms with van der Waals surface area (Å²) in [5.41, 5.74) is 1.51. The quantitative estimate of drug-likeness (QED) is 0.308. The Balaban J connectivity index is 1.54. The van der Waals surface area contributed by atoms with Gasteiger partial charge < -0.3 is 29.2 Å². The number of esters is 1. The van der Waals surface area contributed by atoms with Crippen molar-refractivity contribution in [3.8, 4) is 0 Å². The lowest BCUT2D eigenvalue weighted by molar-refractivity contribution is -0.159. The van der Waals surface area contributed by atoms with Gasteiger partial charge in [0, 0.05) is 36.7 Å². The molecule has 0 unspecified atom stereocenters.